The van der Waals surface area contributed by atoms with E-state index in [2.05, 4.69) is 27.0 Å². The van der Waals surface area contributed by atoms with Crippen molar-refractivity contribution < 1.29 is 0 Å². The van der Waals surface area contributed by atoms with Gasteiger partial charge < -0.3 is 4.98 Å². The van der Waals surface area contributed by atoms with Crippen LogP contribution in [0.15, 0.2) is 36.7 Å². The van der Waals surface area contributed by atoms with Crippen LogP contribution in [0, 0.1) is 0 Å². The van der Waals surface area contributed by atoms with Crippen LogP contribution in [-0.2, 0) is 25.8 Å². The maximum absolute atomic E-state index is 6.46. The zero-order valence-corrected chi connectivity index (χ0v) is 16.4. The average molecular weight is 399 g/mol. The van der Waals surface area contributed by atoms with E-state index < -0.39 is 0 Å². The van der Waals surface area contributed by atoms with Crippen LogP contribution in [0.25, 0.3) is 11.4 Å². The van der Waals surface area contributed by atoms with E-state index in [4.69, 9.17) is 28.2 Å². The molecule has 6 heteroatoms. The summed E-state index contributed by atoms with van der Waals surface area (Å²) in [5, 5.41) is 1.53. The maximum atomic E-state index is 6.46. The molecule has 0 spiro atoms. The van der Waals surface area contributed by atoms with Gasteiger partial charge in [-0.25, -0.2) is 4.98 Å². The lowest BCUT2D eigenvalue weighted by atomic mass is 9.87. The number of H-pyrrole nitrogens is 1. The number of pyridine rings is 1. The van der Waals surface area contributed by atoms with Gasteiger partial charge in [-0.15, -0.1) is 0 Å². The molecule has 2 aliphatic rings. The molecule has 2 aromatic heterocycles. The first kappa shape index (κ1) is 17.2. The first-order valence-corrected chi connectivity index (χ1v) is 10.1. The number of hydrogen-bond acceptors (Lipinski definition) is 3. The van der Waals surface area contributed by atoms with Gasteiger partial charge in [-0.1, -0.05) is 35.3 Å². The number of nitrogens with zero attached hydrogens (tertiary/aromatic N) is 3. The Morgan fingerprint density at radius 2 is 2.04 bits per heavy atom. The second kappa shape index (κ2) is 6.93. The molecule has 4 nitrogen and oxygen atoms in total. The van der Waals surface area contributed by atoms with Crippen LogP contribution >= 0.6 is 23.2 Å². The Balaban J connectivity index is 1.38. The number of fused-ring (bicyclic) bond motifs is 2. The lowest BCUT2D eigenvalue weighted by molar-refractivity contribution is 0.160. The van der Waals surface area contributed by atoms with Crippen molar-refractivity contribution in [2.75, 3.05) is 6.54 Å². The van der Waals surface area contributed by atoms with Gasteiger partial charge in [0.05, 0.1) is 16.4 Å². The number of imidazole rings is 1. The highest BCUT2D eigenvalue weighted by atomic mass is 35.5. The molecule has 0 saturated carbocycles. The second-order valence-corrected chi connectivity index (χ2v) is 8.18. The number of hydrogen-bond donors (Lipinski definition) is 1. The fourth-order valence-electron chi connectivity index (χ4n) is 4.36. The molecule has 0 fully saturated rings. The van der Waals surface area contributed by atoms with E-state index in [1.807, 2.05) is 12.1 Å². The van der Waals surface area contributed by atoms with Crippen molar-refractivity contribution in [1.29, 1.82) is 0 Å². The molecule has 0 amide bonds. The van der Waals surface area contributed by atoms with Gasteiger partial charge in [0.2, 0.25) is 0 Å². The van der Waals surface area contributed by atoms with E-state index in [1.54, 1.807) is 12.4 Å². The fraction of sp³-hybridized carbons (Fsp3) is 0.333. The molecule has 1 N–H and O–H groups in total. The van der Waals surface area contributed by atoms with Crippen molar-refractivity contribution >= 4 is 23.2 Å². The van der Waals surface area contributed by atoms with Gasteiger partial charge >= 0.3 is 0 Å². The van der Waals surface area contributed by atoms with Gasteiger partial charge in [0.25, 0.3) is 0 Å². The molecule has 3 heterocycles. The second-order valence-electron chi connectivity index (χ2n) is 7.36. The van der Waals surface area contributed by atoms with Crippen molar-refractivity contribution in [3.8, 4) is 11.4 Å². The van der Waals surface area contributed by atoms with Crippen LogP contribution in [0.2, 0.25) is 10.0 Å². The number of rotatable bonds is 2. The highest BCUT2D eigenvalue weighted by molar-refractivity contribution is 6.33. The van der Waals surface area contributed by atoms with Crippen LogP contribution in [-0.4, -0.2) is 32.4 Å². The fourth-order valence-corrected chi connectivity index (χ4v) is 4.84. The topological polar surface area (TPSA) is 44.8 Å². The average Bonchev–Trinajstić information content (AvgIpc) is 3.11. The van der Waals surface area contributed by atoms with E-state index in [0.29, 0.717) is 11.1 Å². The van der Waals surface area contributed by atoms with Gasteiger partial charge in [0, 0.05) is 48.5 Å². The zero-order valence-electron chi connectivity index (χ0n) is 14.9. The van der Waals surface area contributed by atoms with Gasteiger partial charge in [0.15, 0.2) is 0 Å². The van der Waals surface area contributed by atoms with Crippen LogP contribution in [0.1, 0.15) is 28.9 Å². The highest BCUT2D eigenvalue weighted by Crippen LogP contribution is 2.33. The van der Waals surface area contributed by atoms with Gasteiger partial charge in [-0.2, -0.15) is 0 Å². The summed E-state index contributed by atoms with van der Waals surface area (Å²) in [6.07, 6.45) is 7.68. The van der Waals surface area contributed by atoms with Crippen molar-refractivity contribution in [3.63, 3.8) is 0 Å². The Labute approximate surface area is 168 Å². The lowest BCUT2D eigenvalue weighted by Crippen LogP contribution is -2.42. The predicted molar refractivity (Wildman–Crippen MR) is 108 cm³/mol. The summed E-state index contributed by atoms with van der Waals surface area (Å²) in [5.74, 6) is 0.839. The molecule has 1 unspecified atom stereocenters. The first-order chi connectivity index (χ1) is 13.2. The lowest BCUT2D eigenvalue weighted by Gasteiger charge is -2.37. The van der Waals surface area contributed by atoms with Crippen LogP contribution in [0.5, 0.6) is 0 Å². The zero-order chi connectivity index (χ0) is 18.4. The van der Waals surface area contributed by atoms with E-state index in [1.165, 1.54) is 23.2 Å². The molecule has 1 aliphatic carbocycles. The minimum atomic E-state index is 0.529. The van der Waals surface area contributed by atoms with Gasteiger partial charge in [0.1, 0.15) is 5.82 Å². The van der Waals surface area contributed by atoms with Crippen LogP contribution in [0.3, 0.4) is 0 Å². The SMILES string of the molecule is Clc1cnccc1-c1nc2c([nH]1)CN(C1CCc3cccc(Cl)c3C1)CC2. The summed E-state index contributed by atoms with van der Waals surface area (Å²) < 4.78 is 0. The quantitative estimate of drug-likeness (QED) is 0.680. The Bertz CT molecular complexity index is 998. The molecule has 1 aromatic carbocycles. The van der Waals surface area contributed by atoms with E-state index in [-0.39, 0.29) is 0 Å². The molecular formula is C21H20Cl2N4. The van der Waals surface area contributed by atoms with E-state index in [9.17, 15) is 0 Å². The largest absolute Gasteiger partial charge is 0.340 e. The molecule has 0 radical (unpaired) electrons. The molecule has 1 aliphatic heterocycles. The number of aromatic amines is 1. The Morgan fingerprint density at radius 3 is 2.93 bits per heavy atom. The van der Waals surface area contributed by atoms with Crippen LogP contribution < -0.4 is 0 Å². The molecule has 138 valence electrons. The van der Waals surface area contributed by atoms with Crippen molar-refractivity contribution in [2.45, 2.75) is 38.3 Å². The highest BCUT2D eigenvalue weighted by Gasteiger charge is 2.29. The predicted octanol–water partition coefficient (Wildman–Crippen LogP) is 4.69. The number of benzene rings is 1. The number of halogens is 2. The Kier molecular flexibility index (Phi) is 4.43. The number of aromatic nitrogens is 3. The van der Waals surface area contributed by atoms with Crippen molar-refractivity contribution in [3.05, 3.63) is 69.2 Å². The molecule has 1 atom stereocenters. The third kappa shape index (κ3) is 3.16. The number of aryl methyl sites for hydroxylation is 1. The molecule has 27 heavy (non-hydrogen) atoms. The summed E-state index contributed by atoms with van der Waals surface area (Å²) in [7, 11) is 0. The summed E-state index contributed by atoms with van der Waals surface area (Å²) >= 11 is 12.8. The van der Waals surface area contributed by atoms with E-state index >= 15 is 0 Å². The molecular weight excluding hydrogens is 379 g/mol. The standard InChI is InChI=1S/C21H20Cl2N4/c22-17-3-1-2-13-4-5-14(10-16(13)17)27-9-7-19-20(12-27)26-21(25-19)15-6-8-24-11-18(15)23/h1-3,6,8,11,14H,4-5,7,9-10,12H2,(H,25,26). The minimum absolute atomic E-state index is 0.529. The molecule has 0 saturated heterocycles. The first-order valence-electron chi connectivity index (χ1n) is 9.37. The van der Waals surface area contributed by atoms with Crippen molar-refractivity contribution in [2.24, 2.45) is 0 Å². The van der Waals surface area contributed by atoms with Gasteiger partial charge in [-0.3, -0.25) is 9.88 Å². The summed E-state index contributed by atoms with van der Waals surface area (Å²) in [6.45, 7) is 1.93. The molecule has 5 rings (SSSR count). The monoisotopic (exact) mass is 398 g/mol. The third-order valence-corrected chi connectivity index (χ3v) is 6.46. The van der Waals surface area contributed by atoms with E-state index in [0.717, 1.165) is 54.5 Å². The minimum Gasteiger partial charge on any atom is -0.340 e. The summed E-state index contributed by atoms with van der Waals surface area (Å²) in [4.78, 5) is 14.9. The van der Waals surface area contributed by atoms with Crippen LogP contribution in [0.4, 0.5) is 0 Å². The third-order valence-electron chi connectivity index (χ3n) is 5.81. The van der Waals surface area contributed by atoms with Crippen molar-refractivity contribution in [1.82, 2.24) is 19.9 Å². The van der Waals surface area contributed by atoms with Gasteiger partial charge in [-0.05, 0) is 42.5 Å². The summed E-state index contributed by atoms with van der Waals surface area (Å²) in [6, 6.07) is 8.72. The number of nitrogens with one attached hydrogen (secondary N) is 1. The molecule has 3 aromatic rings. The normalized spacial score (nSPS) is 19.6. The Morgan fingerprint density at radius 1 is 1.11 bits per heavy atom. The summed E-state index contributed by atoms with van der Waals surface area (Å²) in [5.41, 5.74) is 6.01. The smallest absolute Gasteiger partial charge is 0.139 e. The molecule has 0 bridgehead atoms. The maximum Gasteiger partial charge on any atom is 0.139 e. The Hall–Kier alpha value is -1.88.